The fourth-order valence-corrected chi connectivity index (χ4v) is 3.07. The number of nitroso groups, excluding NO2 is 2. The zero-order valence-corrected chi connectivity index (χ0v) is 18.9. The summed E-state index contributed by atoms with van der Waals surface area (Å²) in [5.74, 6) is -1.23. The average molecular weight is 449 g/mol. The first-order chi connectivity index (χ1) is 15.8. The molecule has 0 fully saturated rings. The van der Waals surface area contributed by atoms with E-state index in [0.717, 1.165) is 0 Å². The topological polar surface area (TPSA) is 105 Å². The molecule has 0 heterocycles. The standard InChI is InChI=1S/C26H28N2O5/c1-6-8-11-18(3)24(25(28-32)20(7-2)17-33-5)14-19(4)23-13-10-9-12-21(23)15-22(16-27-31)26(29)30/h6-13,15H,1,3-4,14,16-17H2,2,5H3,(H,29,30)/b11-8-,20-7-,22-15+,25-24+. The van der Waals surface area contributed by atoms with Crippen molar-refractivity contribution in [2.45, 2.75) is 13.3 Å². The molecular weight excluding hydrogens is 420 g/mol. The van der Waals surface area contributed by atoms with Crippen molar-refractivity contribution in [3.05, 3.63) is 117 Å². The molecule has 0 radical (unpaired) electrons. The molecule has 33 heavy (non-hydrogen) atoms. The van der Waals surface area contributed by atoms with Crippen LogP contribution in [0.2, 0.25) is 0 Å². The normalized spacial score (nSPS) is 12.8. The fourth-order valence-electron chi connectivity index (χ4n) is 3.07. The van der Waals surface area contributed by atoms with Crippen molar-refractivity contribution in [2.75, 3.05) is 20.3 Å². The summed E-state index contributed by atoms with van der Waals surface area (Å²) in [6.45, 7) is 13.4. The minimum absolute atomic E-state index is 0.147. The van der Waals surface area contributed by atoms with Gasteiger partial charge in [0.2, 0.25) is 0 Å². The van der Waals surface area contributed by atoms with Gasteiger partial charge in [-0.1, -0.05) is 73.5 Å². The molecule has 1 N–H and O–H groups in total. The van der Waals surface area contributed by atoms with Crippen molar-refractivity contribution >= 4 is 17.6 Å². The van der Waals surface area contributed by atoms with Crippen LogP contribution in [0, 0.1) is 9.81 Å². The van der Waals surface area contributed by atoms with Crippen LogP contribution in [-0.4, -0.2) is 31.3 Å². The SMILES string of the molecule is C=C/C=C\C(=C)/C(CC(=C)c1ccccc1/C=C(\CN=O)C(=O)O)=C(N=O)\C(=C/C)COC. The number of aliphatic carboxylic acids is 1. The average Bonchev–Trinajstić information content (AvgIpc) is 2.81. The van der Waals surface area contributed by atoms with Crippen LogP contribution in [0.4, 0.5) is 0 Å². The van der Waals surface area contributed by atoms with Crippen LogP contribution >= 0.6 is 0 Å². The van der Waals surface area contributed by atoms with Gasteiger partial charge in [0.15, 0.2) is 0 Å². The van der Waals surface area contributed by atoms with Crippen molar-refractivity contribution in [3.8, 4) is 0 Å². The lowest BCUT2D eigenvalue weighted by Crippen LogP contribution is -2.04. The molecule has 0 aromatic heterocycles. The van der Waals surface area contributed by atoms with Crippen LogP contribution in [0.1, 0.15) is 24.5 Å². The third-order valence-electron chi connectivity index (χ3n) is 4.72. The van der Waals surface area contributed by atoms with Gasteiger partial charge in [0.1, 0.15) is 12.2 Å². The van der Waals surface area contributed by atoms with Crippen LogP contribution in [-0.2, 0) is 9.53 Å². The van der Waals surface area contributed by atoms with Crippen molar-refractivity contribution in [1.29, 1.82) is 0 Å². The Morgan fingerprint density at radius 2 is 1.88 bits per heavy atom. The van der Waals surface area contributed by atoms with Gasteiger partial charge in [-0.05, 0) is 46.0 Å². The van der Waals surface area contributed by atoms with Crippen molar-refractivity contribution in [3.63, 3.8) is 0 Å². The maximum atomic E-state index is 11.8. The molecule has 1 rings (SSSR count). The summed E-state index contributed by atoms with van der Waals surface area (Å²) in [7, 11) is 1.52. The number of carbonyl (C=O) groups is 1. The van der Waals surface area contributed by atoms with E-state index in [1.54, 1.807) is 55.5 Å². The molecule has 0 aliphatic rings. The second kappa shape index (κ2) is 14.2. The van der Waals surface area contributed by atoms with Gasteiger partial charge < -0.3 is 9.84 Å². The summed E-state index contributed by atoms with van der Waals surface area (Å²) >= 11 is 0. The van der Waals surface area contributed by atoms with E-state index in [4.69, 9.17) is 4.74 Å². The fraction of sp³-hybridized carbons (Fsp3) is 0.192. The predicted molar refractivity (Wildman–Crippen MR) is 133 cm³/mol. The summed E-state index contributed by atoms with van der Waals surface area (Å²) < 4.78 is 5.20. The molecule has 1 aromatic carbocycles. The van der Waals surface area contributed by atoms with Gasteiger partial charge in [0.25, 0.3) is 0 Å². The van der Waals surface area contributed by atoms with Crippen molar-refractivity contribution < 1.29 is 14.6 Å². The van der Waals surface area contributed by atoms with Gasteiger partial charge in [-0.15, -0.1) is 4.91 Å². The van der Waals surface area contributed by atoms with Crippen LogP contribution in [0.5, 0.6) is 0 Å². The zero-order valence-electron chi connectivity index (χ0n) is 18.9. The Labute approximate surface area is 193 Å². The number of carboxylic acids is 1. The Bertz CT molecular complexity index is 1060. The minimum atomic E-state index is -1.23. The van der Waals surface area contributed by atoms with E-state index >= 15 is 0 Å². The van der Waals surface area contributed by atoms with Gasteiger partial charge in [0, 0.05) is 19.1 Å². The van der Waals surface area contributed by atoms with Gasteiger partial charge >= 0.3 is 5.97 Å². The summed E-state index contributed by atoms with van der Waals surface area (Å²) in [5.41, 5.74) is 3.55. The molecule has 1 aromatic rings. The Morgan fingerprint density at radius 3 is 2.42 bits per heavy atom. The van der Waals surface area contributed by atoms with Crippen molar-refractivity contribution in [1.82, 2.24) is 0 Å². The van der Waals surface area contributed by atoms with E-state index in [0.29, 0.717) is 33.4 Å². The highest BCUT2D eigenvalue weighted by atomic mass is 16.5. The summed E-state index contributed by atoms with van der Waals surface area (Å²) in [5, 5.41) is 15.3. The molecule has 0 atom stereocenters. The number of ether oxygens (including phenoxy) is 1. The number of allylic oxidation sites excluding steroid dienone is 7. The van der Waals surface area contributed by atoms with Gasteiger partial charge in [-0.25, -0.2) is 4.79 Å². The lowest BCUT2D eigenvalue weighted by molar-refractivity contribution is -0.132. The molecule has 7 heteroatoms. The number of nitrogens with zero attached hydrogens (tertiary/aromatic N) is 2. The summed E-state index contributed by atoms with van der Waals surface area (Å²) in [6.07, 6.45) is 8.34. The number of hydrogen-bond donors (Lipinski definition) is 1. The van der Waals surface area contributed by atoms with Gasteiger partial charge in [0.05, 0.1) is 12.2 Å². The van der Waals surface area contributed by atoms with Crippen LogP contribution < -0.4 is 0 Å². The molecule has 0 saturated carbocycles. The van der Waals surface area contributed by atoms with Crippen LogP contribution in [0.15, 0.2) is 107 Å². The molecule has 0 aliphatic heterocycles. The number of carboxylic acid groups (broad SMARTS) is 1. The molecular formula is C26H28N2O5. The number of benzene rings is 1. The monoisotopic (exact) mass is 448 g/mol. The largest absolute Gasteiger partial charge is 0.478 e. The maximum Gasteiger partial charge on any atom is 0.333 e. The maximum absolute atomic E-state index is 11.8. The first kappa shape index (κ1) is 27.1. The molecule has 7 nitrogen and oxygen atoms in total. The third-order valence-corrected chi connectivity index (χ3v) is 4.72. The second-order valence-electron chi connectivity index (χ2n) is 6.91. The quantitative estimate of drug-likeness (QED) is 0.206. The third kappa shape index (κ3) is 7.90. The van der Waals surface area contributed by atoms with Crippen LogP contribution in [0.3, 0.4) is 0 Å². The minimum Gasteiger partial charge on any atom is -0.478 e. The van der Waals surface area contributed by atoms with Gasteiger partial charge in [-0.2, -0.15) is 4.91 Å². The van der Waals surface area contributed by atoms with Crippen molar-refractivity contribution in [2.24, 2.45) is 10.4 Å². The number of hydrogen-bond acceptors (Lipinski definition) is 6. The zero-order chi connectivity index (χ0) is 24.8. The van der Waals surface area contributed by atoms with E-state index in [9.17, 15) is 19.7 Å². The van der Waals surface area contributed by atoms with E-state index in [1.807, 2.05) is 0 Å². The Hall–Kier alpha value is -3.97. The highest BCUT2D eigenvalue weighted by Crippen LogP contribution is 2.33. The van der Waals surface area contributed by atoms with Gasteiger partial charge in [-0.3, -0.25) is 0 Å². The smallest absolute Gasteiger partial charge is 0.333 e. The molecule has 0 amide bonds. The Kier molecular flexibility index (Phi) is 11.6. The summed E-state index contributed by atoms with van der Waals surface area (Å²) in [6, 6.07) is 7.02. The predicted octanol–water partition coefficient (Wildman–Crippen LogP) is 6.24. The van der Waals surface area contributed by atoms with E-state index in [2.05, 4.69) is 30.1 Å². The lowest BCUT2D eigenvalue weighted by atomic mass is 9.89. The number of methoxy groups -OCH3 is 1. The molecule has 0 unspecified atom stereocenters. The number of rotatable bonds is 14. The van der Waals surface area contributed by atoms with E-state index in [1.165, 1.54) is 13.2 Å². The Balaban J connectivity index is 3.60. The molecule has 172 valence electrons. The molecule has 0 saturated heterocycles. The Morgan fingerprint density at radius 1 is 1.18 bits per heavy atom. The van der Waals surface area contributed by atoms with E-state index < -0.39 is 12.5 Å². The lowest BCUT2D eigenvalue weighted by Gasteiger charge is -2.16. The highest BCUT2D eigenvalue weighted by Gasteiger charge is 2.17. The molecule has 0 aliphatic carbocycles. The molecule has 0 bridgehead atoms. The molecule has 0 spiro atoms. The first-order valence-electron chi connectivity index (χ1n) is 10.0. The summed E-state index contributed by atoms with van der Waals surface area (Å²) in [4.78, 5) is 33.9. The van der Waals surface area contributed by atoms with E-state index in [-0.39, 0.29) is 24.3 Å². The highest BCUT2D eigenvalue weighted by molar-refractivity contribution is 5.94. The second-order valence-corrected chi connectivity index (χ2v) is 6.91. The first-order valence-corrected chi connectivity index (χ1v) is 10.0. The van der Waals surface area contributed by atoms with Crippen LogP contribution in [0.25, 0.3) is 11.6 Å².